The van der Waals surface area contributed by atoms with E-state index >= 15 is 0 Å². The Morgan fingerprint density at radius 3 is 2.71 bits per heavy atom. The Kier molecular flexibility index (Phi) is 8.59. The quantitative estimate of drug-likeness (QED) is 0.679. The third-order valence-corrected chi connectivity index (χ3v) is 3.99. The maximum absolute atomic E-state index is 11.8. The fourth-order valence-electron chi connectivity index (χ4n) is 2.56. The van der Waals surface area contributed by atoms with Crippen molar-refractivity contribution in [1.82, 2.24) is 10.2 Å². The molecule has 2 N–H and O–H groups in total. The summed E-state index contributed by atoms with van der Waals surface area (Å²) in [6.45, 7) is 8.72. The highest BCUT2D eigenvalue weighted by atomic mass is 16.5. The predicted octanol–water partition coefficient (Wildman–Crippen LogP) is 2.11. The van der Waals surface area contributed by atoms with Crippen LogP contribution in [0.5, 0.6) is 0 Å². The molecule has 0 aliphatic carbocycles. The monoisotopic (exact) mass is 335 g/mol. The van der Waals surface area contributed by atoms with Crippen LogP contribution in [0.3, 0.4) is 0 Å². The second kappa shape index (κ2) is 11.0. The first-order valence-corrected chi connectivity index (χ1v) is 8.79. The highest BCUT2D eigenvalue weighted by Gasteiger charge is 2.09. The summed E-state index contributed by atoms with van der Waals surface area (Å²) in [5, 5.41) is 5.67. The molecule has 1 aromatic rings. The molecule has 1 saturated heterocycles. The van der Waals surface area contributed by atoms with Gasteiger partial charge in [0.15, 0.2) is 0 Å². The molecule has 1 aliphatic heterocycles. The first-order valence-electron chi connectivity index (χ1n) is 8.79. The average molecular weight is 335 g/mol. The molecule has 0 atom stereocenters. The third kappa shape index (κ3) is 7.29. The van der Waals surface area contributed by atoms with Gasteiger partial charge in [-0.05, 0) is 37.5 Å². The van der Waals surface area contributed by atoms with Gasteiger partial charge in [0.2, 0.25) is 0 Å². The largest absolute Gasteiger partial charge is 0.382 e. The van der Waals surface area contributed by atoms with E-state index in [0.29, 0.717) is 19.8 Å². The van der Waals surface area contributed by atoms with Crippen LogP contribution in [0, 0.1) is 0 Å². The lowest BCUT2D eigenvalue weighted by Crippen LogP contribution is -2.37. The van der Waals surface area contributed by atoms with Crippen LogP contribution < -0.4 is 10.6 Å². The summed E-state index contributed by atoms with van der Waals surface area (Å²) in [5.74, 6) is 0. The van der Waals surface area contributed by atoms with Crippen molar-refractivity contribution in [3.05, 3.63) is 29.8 Å². The number of benzene rings is 1. The summed E-state index contributed by atoms with van der Waals surface area (Å²) < 4.78 is 10.6. The van der Waals surface area contributed by atoms with Crippen LogP contribution in [0.25, 0.3) is 0 Å². The smallest absolute Gasteiger partial charge is 0.319 e. The number of hydrogen-bond donors (Lipinski definition) is 2. The molecule has 0 bridgehead atoms. The second-order valence-electron chi connectivity index (χ2n) is 5.83. The number of rotatable bonds is 9. The minimum absolute atomic E-state index is 0.174. The van der Waals surface area contributed by atoms with Gasteiger partial charge in [0.25, 0.3) is 0 Å². The minimum atomic E-state index is -0.174. The van der Waals surface area contributed by atoms with Gasteiger partial charge in [-0.2, -0.15) is 0 Å². The topological polar surface area (TPSA) is 62.8 Å². The molecule has 6 nitrogen and oxygen atoms in total. The lowest BCUT2D eigenvalue weighted by molar-refractivity contribution is 0.0384. The number of anilines is 1. The zero-order valence-electron chi connectivity index (χ0n) is 14.6. The van der Waals surface area contributed by atoms with Crippen molar-refractivity contribution >= 4 is 11.7 Å². The van der Waals surface area contributed by atoms with Crippen LogP contribution >= 0.6 is 0 Å². The van der Waals surface area contributed by atoms with E-state index in [-0.39, 0.29) is 6.03 Å². The van der Waals surface area contributed by atoms with Crippen LogP contribution in [-0.4, -0.2) is 63.5 Å². The number of carbonyl (C=O) groups is 1. The number of carbonyl (C=O) groups excluding carboxylic acids is 1. The summed E-state index contributed by atoms with van der Waals surface area (Å²) in [4.78, 5) is 14.2. The molecule has 2 rings (SSSR count). The highest BCUT2D eigenvalue weighted by Crippen LogP contribution is 2.11. The molecule has 0 spiro atoms. The summed E-state index contributed by atoms with van der Waals surface area (Å²) >= 11 is 0. The summed E-state index contributed by atoms with van der Waals surface area (Å²) in [6, 6.07) is 7.88. The maximum atomic E-state index is 11.8. The number of morpholine rings is 1. The molecule has 24 heavy (non-hydrogen) atoms. The first-order chi connectivity index (χ1) is 11.8. The summed E-state index contributed by atoms with van der Waals surface area (Å²) in [6.07, 6.45) is 1.84. The number of ether oxygens (including phenoxy) is 2. The Morgan fingerprint density at radius 1 is 1.25 bits per heavy atom. The van der Waals surface area contributed by atoms with Crippen LogP contribution in [0.15, 0.2) is 24.3 Å². The fourth-order valence-corrected chi connectivity index (χ4v) is 2.56. The normalized spacial score (nSPS) is 15.2. The average Bonchev–Trinajstić information content (AvgIpc) is 2.62. The fraction of sp³-hybridized carbons (Fsp3) is 0.611. The van der Waals surface area contributed by atoms with Crippen LogP contribution in [0.2, 0.25) is 0 Å². The molecule has 1 aliphatic rings. The number of hydrogen-bond acceptors (Lipinski definition) is 4. The van der Waals surface area contributed by atoms with Crippen molar-refractivity contribution in [1.29, 1.82) is 0 Å². The molecule has 0 aromatic heterocycles. The molecule has 6 heteroatoms. The van der Waals surface area contributed by atoms with E-state index in [4.69, 9.17) is 9.47 Å². The van der Waals surface area contributed by atoms with Crippen molar-refractivity contribution < 1.29 is 14.3 Å². The van der Waals surface area contributed by atoms with Crippen LogP contribution in [0.4, 0.5) is 10.5 Å². The molecule has 134 valence electrons. The first kappa shape index (κ1) is 18.7. The Labute approximate surface area is 144 Å². The van der Waals surface area contributed by atoms with Gasteiger partial charge >= 0.3 is 6.03 Å². The van der Waals surface area contributed by atoms with Crippen molar-refractivity contribution in [3.8, 4) is 0 Å². The van der Waals surface area contributed by atoms with E-state index < -0.39 is 0 Å². The van der Waals surface area contributed by atoms with Gasteiger partial charge in [0, 0.05) is 45.1 Å². The summed E-state index contributed by atoms with van der Waals surface area (Å²) in [5.41, 5.74) is 2.09. The Morgan fingerprint density at radius 2 is 2.00 bits per heavy atom. The Hall–Kier alpha value is -1.63. The zero-order chi connectivity index (χ0) is 17.0. The van der Waals surface area contributed by atoms with Crippen molar-refractivity contribution in [2.45, 2.75) is 19.8 Å². The van der Waals surface area contributed by atoms with Gasteiger partial charge in [-0.3, -0.25) is 4.90 Å². The molecule has 1 fully saturated rings. The van der Waals surface area contributed by atoms with Crippen LogP contribution in [0.1, 0.15) is 18.9 Å². The van der Waals surface area contributed by atoms with Gasteiger partial charge in [-0.1, -0.05) is 12.1 Å². The SMILES string of the molecule is CCOCCCNC(=O)Nc1ccc(CCN2CCOCC2)cc1. The Bertz CT molecular complexity index is 473. The van der Waals surface area contributed by atoms with Gasteiger partial charge in [-0.25, -0.2) is 4.79 Å². The number of nitrogens with zero attached hydrogens (tertiary/aromatic N) is 1. The van der Waals surface area contributed by atoms with Crippen LogP contribution in [-0.2, 0) is 15.9 Å². The van der Waals surface area contributed by atoms with E-state index in [2.05, 4.69) is 27.7 Å². The van der Waals surface area contributed by atoms with E-state index in [1.165, 1.54) is 5.56 Å². The molecular weight excluding hydrogens is 306 g/mol. The lowest BCUT2D eigenvalue weighted by atomic mass is 10.1. The van der Waals surface area contributed by atoms with Crippen molar-refractivity contribution in [2.24, 2.45) is 0 Å². The number of urea groups is 1. The van der Waals surface area contributed by atoms with Gasteiger partial charge < -0.3 is 20.1 Å². The molecule has 0 unspecified atom stereocenters. The predicted molar refractivity (Wildman–Crippen MR) is 95.5 cm³/mol. The van der Waals surface area contributed by atoms with Crippen molar-refractivity contribution in [3.63, 3.8) is 0 Å². The van der Waals surface area contributed by atoms with E-state index in [9.17, 15) is 4.79 Å². The standard InChI is InChI=1S/C18H29N3O3/c1-2-23-13-3-9-19-18(22)20-17-6-4-16(5-7-17)8-10-21-11-14-24-15-12-21/h4-7H,2-3,8-15H2,1H3,(H2,19,20,22). The number of amides is 2. The molecular formula is C18H29N3O3. The van der Waals surface area contributed by atoms with Gasteiger partial charge in [0.05, 0.1) is 13.2 Å². The molecule has 0 saturated carbocycles. The van der Waals surface area contributed by atoms with E-state index in [1.807, 2.05) is 19.1 Å². The van der Waals surface area contributed by atoms with E-state index in [0.717, 1.165) is 51.4 Å². The molecule has 2 amide bonds. The number of nitrogens with one attached hydrogen (secondary N) is 2. The maximum Gasteiger partial charge on any atom is 0.319 e. The molecule has 0 radical (unpaired) electrons. The lowest BCUT2D eigenvalue weighted by Gasteiger charge is -2.26. The molecule has 1 heterocycles. The second-order valence-corrected chi connectivity index (χ2v) is 5.83. The highest BCUT2D eigenvalue weighted by molar-refractivity contribution is 5.89. The Balaban J connectivity index is 1.64. The minimum Gasteiger partial charge on any atom is -0.382 e. The van der Waals surface area contributed by atoms with Gasteiger partial charge in [-0.15, -0.1) is 0 Å². The third-order valence-electron chi connectivity index (χ3n) is 3.99. The van der Waals surface area contributed by atoms with Gasteiger partial charge in [0.1, 0.15) is 0 Å². The zero-order valence-corrected chi connectivity index (χ0v) is 14.6. The van der Waals surface area contributed by atoms with Crippen molar-refractivity contribution in [2.75, 3.05) is 57.9 Å². The molecule has 1 aromatic carbocycles. The summed E-state index contributed by atoms with van der Waals surface area (Å²) in [7, 11) is 0. The van der Waals surface area contributed by atoms with E-state index in [1.54, 1.807) is 0 Å².